The third kappa shape index (κ3) is 5.65. The number of carbonyl (C=O) groups is 2. The Hall–Kier alpha value is -3.00. The second kappa shape index (κ2) is 8.59. The van der Waals surface area contributed by atoms with Gasteiger partial charge in [0.2, 0.25) is 11.9 Å². The molecule has 1 atom stereocenters. The molecule has 0 radical (unpaired) electrons. The number of hydrogen-bond donors (Lipinski definition) is 4. The second-order valence-electron chi connectivity index (χ2n) is 5.20. The topological polar surface area (TPSA) is 130 Å². The summed E-state index contributed by atoms with van der Waals surface area (Å²) in [6.07, 6.45) is 2.92. The summed E-state index contributed by atoms with van der Waals surface area (Å²) >= 11 is 0. The van der Waals surface area contributed by atoms with E-state index in [1.165, 1.54) is 0 Å². The van der Waals surface area contributed by atoms with Crippen molar-refractivity contribution in [2.45, 2.75) is 25.6 Å². The molecule has 0 spiro atoms. The molecule has 0 unspecified atom stereocenters. The summed E-state index contributed by atoms with van der Waals surface area (Å²) in [5.74, 6) is -1.32. The van der Waals surface area contributed by atoms with E-state index >= 15 is 0 Å². The molecule has 126 valence electrons. The Morgan fingerprint density at radius 3 is 2.33 bits per heavy atom. The number of benzene rings is 1. The van der Waals surface area contributed by atoms with Crippen molar-refractivity contribution in [3.63, 3.8) is 0 Å². The van der Waals surface area contributed by atoms with E-state index in [0.29, 0.717) is 18.1 Å². The van der Waals surface area contributed by atoms with Gasteiger partial charge in [0.05, 0.1) is 6.42 Å². The highest BCUT2D eigenvalue weighted by molar-refractivity contribution is 5.83. The SMILES string of the molecule is NC(=O)C[C@@H](NCc1cnc(NCc2ccccc2)nc1)C(=O)O. The quantitative estimate of drug-likeness (QED) is 0.527. The van der Waals surface area contributed by atoms with Gasteiger partial charge in [-0.25, -0.2) is 9.97 Å². The number of carbonyl (C=O) groups excluding carboxylic acids is 1. The van der Waals surface area contributed by atoms with Crippen molar-refractivity contribution in [1.82, 2.24) is 15.3 Å². The summed E-state index contributed by atoms with van der Waals surface area (Å²) < 4.78 is 0. The van der Waals surface area contributed by atoms with E-state index in [9.17, 15) is 9.59 Å². The standard InChI is InChI=1S/C16H19N5O3/c17-14(22)6-13(15(23)24)18-8-12-9-20-16(21-10-12)19-7-11-4-2-1-3-5-11/h1-5,9-10,13,18H,6-8H2,(H2,17,22)(H,23,24)(H,19,20,21)/t13-/m1/s1. The third-order valence-corrected chi connectivity index (χ3v) is 3.25. The Balaban J connectivity index is 1.85. The van der Waals surface area contributed by atoms with Gasteiger partial charge in [-0.05, 0) is 5.56 Å². The Kier molecular flexibility index (Phi) is 6.21. The second-order valence-corrected chi connectivity index (χ2v) is 5.20. The molecule has 0 bridgehead atoms. The highest BCUT2D eigenvalue weighted by Gasteiger charge is 2.19. The first-order valence-electron chi connectivity index (χ1n) is 7.38. The molecular weight excluding hydrogens is 310 g/mol. The minimum atomic E-state index is -1.13. The molecule has 2 aromatic rings. The van der Waals surface area contributed by atoms with Gasteiger partial charge in [-0.3, -0.25) is 14.9 Å². The molecule has 0 fully saturated rings. The predicted molar refractivity (Wildman–Crippen MR) is 87.9 cm³/mol. The molecule has 5 N–H and O–H groups in total. The molecule has 0 aliphatic heterocycles. The lowest BCUT2D eigenvalue weighted by Crippen LogP contribution is -2.39. The van der Waals surface area contributed by atoms with Crippen LogP contribution >= 0.6 is 0 Å². The molecule has 24 heavy (non-hydrogen) atoms. The van der Waals surface area contributed by atoms with Gasteiger partial charge in [-0.1, -0.05) is 30.3 Å². The van der Waals surface area contributed by atoms with Crippen LogP contribution in [0.4, 0.5) is 5.95 Å². The van der Waals surface area contributed by atoms with Crippen molar-refractivity contribution in [1.29, 1.82) is 0 Å². The van der Waals surface area contributed by atoms with Crippen molar-refractivity contribution in [3.8, 4) is 0 Å². The molecule has 8 heteroatoms. The van der Waals surface area contributed by atoms with Gasteiger partial charge in [0.1, 0.15) is 6.04 Å². The molecule has 0 saturated heterocycles. The summed E-state index contributed by atoms with van der Waals surface area (Å²) in [5.41, 5.74) is 6.84. The van der Waals surface area contributed by atoms with Gasteiger partial charge in [0.25, 0.3) is 0 Å². The zero-order valence-electron chi connectivity index (χ0n) is 13.0. The number of anilines is 1. The summed E-state index contributed by atoms with van der Waals surface area (Å²) in [7, 11) is 0. The summed E-state index contributed by atoms with van der Waals surface area (Å²) in [4.78, 5) is 30.2. The smallest absolute Gasteiger partial charge is 0.321 e. The molecule has 0 aliphatic carbocycles. The number of nitrogens with two attached hydrogens (primary N) is 1. The van der Waals surface area contributed by atoms with Crippen LogP contribution in [0.15, 0.2) is 42.7 Å². The van der Waals surface area contributed by atoms with Crippen LogP contribution in [-0.4, -0.2) is 33.0 Å². The van der Waals surface area contributed by atoms with E-state index in [0.717, 1.165) is 5.56 Å². The Morgan fingerprint density at radius 1 is 1.08 bits per heavy atom. The maximum Gasteiger partial charge on any atom is 0.321 e. The number of carboxylic acids is 1. The Labute approximate surface area is 139 Å². The van der Waals surface area contributed by atoms with Gasteiger partial charge < -0.3 is 16.2 Å². The summed E-state index contributed by atoms with van der Waals surface area (Å²) in [6.45, 7) is 0.835. The normalized spacial score (nSPS) is 11.7. The first-order valence-corrected chi connectivity index (χ1v) is 7.38. The van der Waals surface area contributed by atoms with Crippen LogP contribution in [0.3, 0.4) is 0 Å². The number of primary amides is 1. The molecule has 1 amide bonds. The zero-order valence-corrected chi connectivity index (χ0v) is 13.0. The first-order chi connectivity index (χ1) is 11.5. The highest BCUT2D eigenvalue weighted by Crippen LogP contribution is 2.05. The maximum absolute atomic E-state index is 11.0. The number of rotatable bonds is 9. The fraction of sp³-hybridized carbons (Fsp3) is 0.250. The van der Waals surface area contributed by atoms with Crippen LogP contribution < -0.4 is 16.4 Å². The highest BCUT2D eigenvalue weighted by atomic mass is 16.4. The van der Waals surface area contributed by atoms with Crippen molar-refractivity contribution in [2.24, 2.45) is 5.73 Å². The van der Waals surface area contributed by atoms with Crippen molar-refractivity contribution < 1.29 is 14.7 Å². The molecule has 2 rings (SSSR count). The van der Waals surface area contributed by atoms with Crippen molar-refractivity contribution in [2.75, 3.05) is 5.32 Å². The number of amides is 1. The zero-order chi connectivity index (χ0) is 17.4. The Morgan fingerprint density at radius 2 is 1.75 bits per heavy atom. The van der Waals surface area contributed by atoms with E-state index in [1.54, 1.807) is 12.4 Å². The average molecular weight is 329 g/mol. The molecular formula is C16H19N5O3. The van der Waals surface area contributed by atoms with E-state index in [1.807, 2.05) is 30.3 Å². The van der Waals surface area contributed by atoms with Crippen LogP contribution in [0.1, 0.15) is 17.5 Å². The number of aliphatic carboxylic acids is 1. The summed E-state index contributed by atoms with van der Waals surface area (Å²) in [5, 5.41) is 14.9. The number of aromatic nitrogens is 2. The van der Waals surface area contributed by atoms with E-state index in [4.69, 9.17) is 10.8 Å². The maximum atomic E-state index is 11.0. The van der Waals surface area contributed by atoms with Gasteiger partial charge >= 0.3 is 5.97 Å². The molecule has 0 aliphatic rings. The van der Waals surface area contributed by atoms with Crippen LogP contribution in [0.5, 0.6) is 0 Å². The lowest BCUT2D eigenvalue weighted by Gasteiger charge is -2.12. The number of hydrogen-bond acceptors (Lipinski definition) is 6. The number of nitrogens with zero attached hydrogens (tertiary/aromatic N) is 2. The van der Waals surface area contributed by atoms with Gasteiger partial charge in [-0.15, -0.1) is 0 Å². The molecule has 0 saturated carbocycles. The van der Waals surface area contributed by atoms with Gasteiger partial charge in [-0.2, -0.15) is 0 Å². The van der Waals surface area contributed by atoms with Gasteiger partial charge in [0, 0.05) is 31.0 Å². The number of nitrogens with one attached hydrogen (secondary N) is 2. The lowest BCUT2D eigenvalue weighted by molar-refractivity contribution is -0.141. The van der Waals surface area contributed by atoms with Crippen LogP contribution in [0.2, 0.25) is 0 Å². The minimum absolute atomic E-state index is 0.225. The van der Waals surface area contributed by atoms with E-state index in [2.05, 4.69) is 20.6 Å². The van der Waals surface area contributed by atoms with Crippen LogP contribution in [-0.2, 0) is 22.7 Å². The molecule has 1 aromatic heterocycles. The minimum Gasteiger partial charge on any atom is -0.480 e. The van der Waals surface area contributed by atoms with Crippen LogP contribution in [0, 0.1) is 0 Å². The monoisotopic (exact) mass is 329 g/mol. The summed E-state index contributed by atoms with van der Waals surface area (Å²) in [6, 6.07) is 8.82. The molecule has 1 heterocycles. The lowest BCUT2D eigenvalue weighted by atomic mass is 10.2. The average Bonchev–Trinajstić information content (AvgIpc) is 2.58. The molecule has 1 aromatic carbocycles. The van der Waals surface area contributed by atoms with E-state index < -0.39 is 17.9 Å². The van der Waals surface area contributed by atoms with Gasteiger partial charge in [0.15, 0.2) is 0 Å². The van der Waals surface area contributed by atoms with Crippen LogP contribution in [0.25, 0.3) is 0 Å². The fourth-order valence-corrected chi connectivity index (χ4v) is 2.00. The Bertz CT molecular complexity index is 676. The molecule has 8 nitrogen and oxygen atoms in total. The third-order valence-electron chi connectivity index (χ3n) is 3.25. The fourth-order valence-electron chi connectivity index (χ4n) is 2.00. The largest absolute Gasteiger partial charge is 0.480 e. The van der Waals surface area contributed by atoms with Crippen molar-refractivity contribution in [3.05, 3.63) is 53.9 Å². The predicted octanol–water partition coefficient (Wildman–Crippen LogP) is 0.507. The number of carboxylic acid groups (broad SMARTS) is 1. The first kappa shape index (κ1) is 17.4. The van der Waals surface area contributed by atoms with Crippen molar-refractivity contribution >= 4 is 17.8 Å². The van der Waals surface area contributed by atoms with E-state index in [-0.39, 0.29) is 13.0 Å².